The Kier molecular flexibility index (Phi) is 6.37. The smallest absolute Gasteiger partial charge is 0.339 e. The maximum Gasteiger partial charge on any atom is 0.339 e. The van der Waals surface area contributed by atoms with Crippen LogP contribution in [0.15, 0.2) is 77.9 Å². The summed E-state index contributed by atoms with van der Waals surface area (Å²) in [5, 5.41) is 10.5. The summed E-state index contributed by atoms with van der Waals surface area (Å²) in [6, 6.07) is 20.6. The maximum absolute atomic E-state index is 12.8. The maximum atomic E-state index is 12.8. The standard InChI is InChI=1S/C24H21ClN4O3/c1-32-21-12-5-4-11-19(21)27-24(31)29-28-22-18-10-3-2-7-15(18)14-20(22)26-23(30)16-8-6-9-17(25)13-16/h2-13,20H,14H2,1H3,(H,26,30)(H2,27,29,31)/b28-22+. The van der Waals surface area contributed by atoms with E-state index in [2.05, 4.69) is 21.2 Å². The molecule has 8 heteroatoms. The Balaban J connectivity index is 1.52. The van der Waals surface area contributed by atoms with Gasteiger partial charge < -0.3 is 15.4 Å². The predicted molar refractivity (Wildman–Crippen MR) is 125 cm³/mol. The number of carbonyl (C=O) groups excluding carboxylic acids is 2. The molecule has 0 aliphatic heterocycles. The lowest BCUT2D eigenvalue weighted by Crippen LogP contribution is -2.40. The summed E-state index contributed by atoms with van der Waals surface area (Å²) in [6.45, 7) is 0. The molecule has 0 saturated carbocycles. The van der Waals surface area contributed by atoms with Crippen molar-refractivity contribution in [2.75, 3.05) is 12.4 Å². The lowest BCUT2D eigenvalue weighted by Gasteiger charge is -2.15. The number of fused-ring (bicyclic) bond motifs is 1. The van der Waals surface area contributed by atoms with E-state index in [1.54, 1.807) is 42.5 Å². The number of benzene rings is 3. The summed E-state index contributed by atoms with van der Waals surface area (Å²) in [5.41, 5.74) is 5.99. The molecule has 1 aliphatic rings. The van der Waals surface area contributed by atoms with Gasteiger partial charge in [-0.3, -0.25) is 4.79 Å². The number of ether oxygens (including phenoxy) is 1. The molecule has 7 nitrogen and oxygen atoms in total. The van der Waals surface area contributed by atoms with Gasteiger partial charge in [0.1, 0.15) is 5.75 Å². The van der Waals surface area contributed by atoms with Crippen LogP contribution >= 0.6 is 11.6 Å². The number of nitrogens with one attached hydrogen (secondary N) is 3. The van der Waals surface area contributed by atoms with Crippen molar-refractivity contribution in [3.63, 3.8) is 0 Å². The van der Waals surface area contributed by atoms with Crippen molar-refractivity contribution in [1.29, 1.82) is 0 Å². The summed E-state index contributed by atoms with van der Waals surface area (Å²) >= 11 is 6.01. The largest absolute Gasteiger partial charge is 0.495 e. The van der Waals surface area contributed by atoms with Gasteiger partial charge in [-0.15, -0.1) is 0 Å². The van der Waals surface area contributed by atoms with E-state index in [1.807, 2.05) is 30.3 Å². The molecule has 1 aliphatic carbocycles. The van der Waals surface area contributed by atoms with Crippen molar-refractivity contribution in [1.82, 2.24) is 10.7 Å². The molecule has 3 amide bonds. The van der Waals surface area contributed by atoms with Crippen molar-refractivity contribution >= 4 is 34.9 Å². The molecule has 0 saturated heterocycles. The van der Waals surface area contributed by atoms with Gasteiger partial charge in [0.25, 0.3) is 5.91 Å². The highest BCUT2D eigenvalue weighted by molar-refractivity contribution is 6.31. The third-order valence-corrected chi connectivity index (χ3v) is 5.31. The second-order valence-corrected chi connectivity index (χ2v) is 7.60. The number of carbonyl (C=O) groups is 2. The first-order valence-electron chi connectivity index (χ1n) is 9.97. The Hall–Kier alpha value is -3.84. The number of rotatable bonds is 5. The third-order valence-electron chi connectivity index (χ3n) is 5.07. The van der Waals surface area contributed by atoms with Gasteiger partial charge >= 0.3 is 6.03 Å². The third kappa shape index (κ3) is 4.73. The van der Waals surface area contributed by atoms with Crippen LogP contribution in [0.25, 0.3) is 0 Å². The highest BCUT2D eigenvalue weighted by Crippen LogP contribution is 2.24. The van der Waals surface area contributed by atoms with E-state index in [-0.39, 0.29) is 5.91 Å². The lowest BCUT2D eigenvalue weighted by atomic mass is 10.1. The fourth-order valence-electron chi connectivity index (χ4n) is 3.59. The van der Waals surface area contributed by atoms with Crippen LogP contribution in [0.3, 0.4) is 0 Å². The van der Waals surface area contributed by atoms with Gasteiger partial charge in [0.15, 0.2) is 0 Å². The van der Waals surface area contributed by atoms with Crippen LogP contribution in [0, 0.1) is 0 Å². The molecular formula is C24H21ClN4O3. The average Bonchev–Trinajstić information content (AvgIpc) is 3.15. The minimum absolute atomic E-state index is 0.267. The number of amides is 3. The van der Waals surface area contributed by atoms with Gasteiger partial charge in [0.2, 0.25) is 0 Å². The molecule has 0 bridgehead atoms. The van der Waals surface area contributed by atoms with E-state index < -0.39 is 12.1 Å². The molecule has 32 heavy (non-hydrogen) atoms. The first-order chi connectivity index (χ1) is 15.5. The Morgan fingerprint density at radius 3 is 2.62 bits per heavy atom. The van der Waals surface area contributed by atoms with E-state index in [4.69, 9.17) is 16.3 Å². The molecule has 0 heterocycles. The van der Waals surface area contributed by atoms with Gasteiger partial charge in [0, 0.05) is 16.1 Å². The van der Waals surface area contributed by atoms with Crippen LogP contribution in [-0.4, -0.2) is 30.8 Å². The summed E-state index contributed by atoms with van der Waals surface area (Å²) in [5.74, 6) is 0.268. The molecule has 4 rings (SSSR count). The molecule has 1 atom stereocenters. The number of urea groups is 1. The van der Waals surface area contributed by atoms with Crippen molar-refractivity contribution in [2.24, 2.45) is 5.10 Å². The summed E-state index contributed by atoms with van der Waals surface area (Å²) in [6.07, 6.45) is 0.567. The highest BCUT2D eigenvalue weighted by Gasteiger charge is 2.30. The van der Waals surface area contributed by atoms with Gasteiger partial charge in [-0.2, -0.15) is 5.10 Å². The Morgan fingerprint density at radius 2 is 1.81 bits per heavy atom. The average molecular weight is 449 g/mol. The molecule has 162 valence electrons. The van der Waals surface area contributed by atoms with Crippen LogP contribution in [0.2, 0.25) is 5.02 Å². The molecule has 3 N–H and O–H groups in total. The second kappa shape index (κ2) is 9.53. The topological polar surface area (TPSA) is 91.8 Å². The van der Waals surface area contributed by atoms with Crippen molar-refractivity contribution in [3.8, 4) is 5.75 Å². The fraction of sp³-hybridized carbons (Fsp3) is 0.125. The normalized spacial score (nSPS) is 15.7. The van der Waals surface area contributed by atoms with Crippen molar-refractivity contribution < 1.29 is 14.3 Å². The van der Waals surface area contributed by atoms with Crippen LogP contribution in [-0.2, 0) is 6.42 Å². The van der Waals surface area contributed by atoms with Crippen LogP contribution in [0.4, 0.5) is 10.5 Å². The SMILES string of the molecule is COc1ccccc1NC(=O)N/N=C1\c2ccccc2CC1NC(=O)c1cccc(Cl)c1. The molecule has 0 fully saturated rings. The summed E-state index contributed by atoms with van der Waals surface area (Å²) in [7, 11) is 1.53. The van der Waals surface area contributed by atoms with Crippen LogP contribution in [0.5, 0.6) is 5.75 Å². The number of methoxy groups -OCH3 is 1. The zero-order chi connectivity index (χ0) is 22.5. The summed E-state index contributed by atoms with van der Waals surface area (Å²) in [4.78, 5) is 25.2. The van der Waals surface area contributed by atoms with Gasteiger partial charge in [0.05, 0.1) is 24.6 Å². The first kappa shape index (κ1) is 21.4. The zero-order valence-electron chi connectivity index (χ0n) is 17.3. The number of halogens is 1. The van der Waals surface area contributed by atoms with Crippen LogP contribution in [0.1, 0.15) is 21.5 Å². The zero-order valence-corrected chi connectivity index (χ0v) is 18.0. The first-order valence-corrected chi connectivity index (χ1v) is 10.4. The number of para-hydroxylation sites is 2. The van der Waals surface area contributed by atoms with E-state index in [1.165, 1.54) is 7.11 Å². The summed E-state index contributed by atoms with van der Waals surface area (Å²) < 4.78 is 5.25. The molecule has 1 unspecified atom stereocenters. The lowest BCUT2D eigenvalue weighted by molar-refractivity contribution is 0.0947. The quantitative estimate of drug-likeness (QED) is 0.510. The molecule has 0 aromatic heterocycles. The van der Waals surface area contributed by atoms with Crippen molar-refractivity contribution in [3.05, 3.63) is 94.5 Å². The number of anilines is 1. The predicted octanol–water partition coefficient (Wildman–Crippen LogP) is 4.23. The molecule has 3 aromatic carbocycles. The fourth-order valence-corrected chi connectivity index (χ4v) is 3.78. The number of nitrogens with zero attached hydrogens (tertiary/aromatic N) is 1. The Morgan fingerprint density at radius 1 is 1.03 bits per heavy atom. The van der Waals surface area contributed by atoms with E-state index in [0.29, 0.717) is 34.2 Å². The van der Waals surface area contributed by atoms with Gasteiger partial charge in [-0.05, 0) is 42.3 Å². The number of hydrogen-bond acceptors (Lipinski definition) is 4. The highest BCUT2D eigenvalue weighted by atomic mass is 35.5. The van der Waals surface area contributed by atoms with Gasteiger partial charge in [-0.25, -0.2) is 10.2 Å². The number of hydrogen-bond donors (Lipinski definition) is 3. The van der Waals surface area contributed by atoms with E-state index in [0.717, 1.165) is 11.1 Å². The van der Waals surface area contributed by atoms with Gasteiger partial charge in [-0.1, -0.05) is 54.1 Å². The van der Waals surface area contributed by atoms with E-state index in [9.17, 15) is 9.59 Å². The number of hydrazone groups is 1. The minimum atomic E-state index is -0.522. The van der Waals surface area contributed by atoms with Crippen LogP contribution < -0.4 is 20.8 Å². The minimum Gasteiger partial charge on any atom is -0.495 e. The molecule has 0 radical (unpaired) electrons. The monoisotopic (exact) mass is 448 g/mol. The Labute approximate surface area is 190 Å². The Bertz CT molecular complexity index is 1200. The van der Waals surface area contributed by atoms with Crippen molar-refractivity contribution in [2.45, 2.75) is 12.5 Å². The molecule has 0 spiro atoms. The van der Waals surface area contributed by atoms with E-state index >= 15 is 0 Å². The molecular weight excluding hydrogens is 428 g/mol. The second-order valence-electron chi connectivity index (χ2n) is 7.16. The molecule has 3 aromatic rings.